The number of anilines is 1. The summed E-state index contributed by atoms with van der Waals surface area (Å²) in [6.45, 7) is 5.88. The smallest absolute Gasteiger partial charge is 0.307 e. The first kappa shape index (κ1) is 23.1. The van der Waals surface area contributed by atoms with Crippen molar-refractivity contribution in [3.63, 3.8) is 0 Å². The number of hydrogen-bond acceptors (Lipinski definition) is 4. The summed E-state index contributed by atoms with van der Waals surface area (Å²) in [5.74, 6) is -0.0805. The van der Waals surface area contributed by atoms with Crippen molar-refractivity contribution in [2.75, 3.05) is 16.8 Å². The van der Waals surface area contributed by atoms with E-state index in [1.807, 2.05) is 20.8 Å². The summed E-state index contributed by atoms with van der Waals surface area (Å²) in [5.41, 5.74) is 0.0742. The largest absolute Gasteiger partial charge is 0.416 e. The van der Waals surface area contributed by atoms with Gasteiger partial charge >= 0.3 is 6.18 Å². The standard InChI is InChI=1S/C21H24F3N3O3S/c1-20(2,3)17-12-18(27(26-17)16-10-11-31(29,30)13-16)25-19(28)9-6-14-4-7-15(8-5-14)21(22,23)24/h4-9,12,16H,10-11,13H2,1-3H3,(H,25,28)/b9-6+. The second-order valence-corrected chi connectivity index (χ2v) is 10.8. The molecule has 1 atom stereocenters. The van der Waals surface area contributed by atoms with Crippen LogP contribution in [0, 0.1) is 0 Å². The Morgan fingerprint density at radius 3 is 2.35 bits per heavy atom. The van der Waals surface area contributed by atoms with Gasteiger partial charge in [0.25, 0.3) is 0 Å². The van der Waals surface area contributed by atoms with Gasteiger partial charge in [0.1, 0.15) is 5.82 Å². The predicted octanol–water partition coefficient (Wildman–Crippen LogP) is 4.21. The van der Waals surface area contributed by atoms with Gasteiger partial charge in [-0.05, 0) is 30.2 Å². The monoisotopic (exact) mass is 455 g/mol. The zero-order valence-corrected chi connectivity index (χ0v) is 18.2. The average molecular weight is 456 g/mol. The van der Waals surface area contributed by atoms with Crippen LogP contribution in [0.1, 0.15) is 50.1 Å². The molecular formula is C21H24F3N3O3S. The van der Waals surface area contributed by atoms with Crippen LogP contribution in [0.25, 0.3) is 6.08 Å². The Morgan fingerprint density at radius 2 is 1.84 bits per heavy atom. The van der Waals surface area contributed by atoms with E-state index in [2.05, 4.69) is 10.4 Å². The van der Waals surface area contributed by atoms with Crippen LogP contribution in [-0.2, 0) is 26.2 Å². The van der Waals surface area contributed by atoms with Crippen molar-refractivity contribution in [1.29, 1.82) is 0 Å². The first-order chi connectivity index (χ1) is 14.2. The molecule has 0 aliphatic carbocycles. The van der Waals surface area contributed by atoms with Gasteiger partial charge in [0.2, 0.25) is 5.91 Å². The maximum absolute atomic E-state index is 12.6. The number of hydrogen-bond donors (Lipinski definition) is 1. The molecule has 10 heteroatoms. The number of carbonyl (C=O) groups excluding carboxylic acids is 1. The number of nitrogens with one attached hydrogen (secondary N) is 1. The topological polar surface area (TPSA) is 81.1 Å². The van der Waals surface area contributed by atoms with Crippen LogP contribution in [0.3, 0.4) is 0 Å². The number of carbonyl (C=O) groups is 1. The number of benzene rings is 1. The zero-order chi connectivity index (χ0) is 23.0. The number of aromatic nitrogens is 2. The van der Waals surface area contributed by atoms with Crippen LogP contribution in [0.2, 0.25) is 0 Å². The zero-order valence-electron chi connectivity index (χ0n) is 17.4. The summed E-state index contributed by atoms with van der Waals surface area (Å²) >= 11 is 0. The van der Waals surface area contributed by atoms with Crippen molar-refractivity contribution in [3.05, 3.63) is 53.2 Å². The van der Waals surface area contributed by atoms with Gasteiger partial charge in [-0.2, -0.15) is 18.3 Å². The molecule has 2 heterocycles. The van der Waals surface area contributed by atoms with E-state index in [9.17, 15) is 26.4 Å². The Morgan fingerprint density at radius 1 is 1.19 bits per heavy atom. The Balaban J connectivity index is 1.78. The van der Waals surface area contributed by atoms with Crippen LogP contribution in [0.15, 0.2) is 36.4 Å². The molecule has 3 rings (SSSR count). The van der Waals surface area contributed by atoms with E-state index in [4.69, 9.17) is 0 Å². The third-order valence-corrected chi connectivity index (χ3v) is 6.73. The van der Waals surface area contributed by atoms with Crippen LogP contribution >= 0.6 is 0 Å². The molecule has 1 N–H and O–H groups in total. The van der Waals surface area contributed by atoms with E-state index < -0.39 is 27.5 Å². The second-order valence-electron chi connectivity index (χ2n) is 8.61. The molecule has 1 aromatic heterocycles. The molecule has 1 fully saturated rings. The number of rotatable bonds is 4. The Hall–Kier alpha value is -2.62. The lowest BCUT2D eigenvalue weighted by Gasteiger charge is -2.15. The Kier molecular flexibility index (Phi) is 6.05. The molecule has 0 saturated carbocycles. The third-order valence-electron chi connectivity index (χ3n) is 4.97. The SMILES string of the molecule is CC(C)(C)c1cc(NC(=O)/C=C/c2ccc(C(F)(F)F)cc2)n(C2CCS(=O)(=O)C2)n1. The normalized spacial score (nSPS) is 19.1. The van der Waals surface area contributed by atoms with E-state index >= 15 is 0 Å². The van der Waals surface area contributed by atoms with Crippen molar-refractivity contribution < 1.29 is 26.4 Å². The highest BCUT2D eigenvalue weighted by molar-refractivity contribution is 7.91. The second kappa shape index (κ2) is 8.14. The molecule has 1 unspecified atom stereocenters. The van der Waals surface area contributed by atoms with Crippen molar-refractivity contribution in [3.8, 4) is 0 Å². The van der Waals surface area contributed by atoms with E-state index in [1.54, 1.807) is 10.7 Å². The van der Waals surface area contributed by atoms with Gasteiger partial charge in [-0.15, -0.1) is 0 Å². The fourth-order valence-corrected chi connectivity index (χ4v) is 4.92. The molecule has 1 saturated heterocycles. The van der Waals surface area contributed by atoms with Crippen LogP contribution in [-0.4, -0.2) is 35.6 Å². The minimum Gasteiger partial charge on any atom is -0.307 e. The van der Waals surface area contributed by atoms with Crippen LogP contribution in [0.4, 0.5) is 19.0 Å². The highest BCUT2D eigenvalue weighted by Gasteiger charge is 2.33. The molecular weight excluding hydrogens is 431 g/mol. The molecule has 1 aliphatic heterocycles. The summed E-state index contributed by atoms with van der Waals surface area (Å²) in [4.78, 5) is 12.4. The van der Waals surface area contributed by atoms with Crippen molar-refractivity contribution in [2.24, 2.45) is 0 Å². The highest BCUT2D eigenvalue weighted by Crippen LogP contribution is 2.31. The summed E-state index contributed by atoms with van der Waals surface area (Å²) in [6, 6.07) is 5.80. The molecule has 168 valence electrons. The van der Waals surface area contributed by atoms with Gasteiger partial charge in [0.05, 0.1) is 28.8 Å². The van der Waals surface area contributed by atoms with E-state index in [0.29, 0.717) is 23.5 Å². The number of halogens is 3. The van der Waals surface area contributed by atoms with E-state index in [-0.39, 0.29) is 23.0 Å². The molecule has 0 spiro atoms. The van der Waals surface area contributed by atoms with Gasteiger partial charge in [-0.1, -0.05) is 32.9 Å². The van der Waals surface area contributed by atoms with E-state index in [1.165, 1.54) is 24.3 Å². The predicted molar refractivity (Wildman–Crippen MR) is 112 cm³/mol. The van der Waals surface area contributed by atoms with Gasteiger partial charge < -0.3 is 5.32 Å². The molecule has 0 radical (unpaired) electrons. The van der Waals surface area contributed by atoms with Gasteiger partial charge in [0.15, 0.2) is 9.84 Å². The fourth-order valence-electron chi connectivity index (χ4n) is 3.22. The molecule has 0 bridgehead atoms. The Labute approximate surface area is 179 Å². The summed E-state index contributed by atoms with van der Waals surface area (Å²) in [6.07, 6.45) is -1.39. The minimum atomic E-state index is -4.42. The molecule has 31 heavy (non-hydrogen) atoms. The summed E-state index contributed by atoms with van der Waals surface area (Å²) in [5, 5.41) is 7.25. The number of sulfone groups is 1. The van der Waals surface area contributed by atoms with Crippen molar-refractivity contribution in [1.82, 2.24) is 9.78 Å². The first-order valence-corrected chi connectivity index (χ1v) is 11.5. The maximum Gasteiger partial charge on any atom is 0.416 e. The lowest BCUT2D eigenvalue weighted by molar-refractivity contribution is -0.137. The summed E-state index contributed by atoms with van der Waals surface area (Å²) in [7, 11) is -3.14. The van der Waals surface area contributed by atoms with Gasteiger partial charge in [0, 0.05) is 17.6 Å². The van der Waals surface area contributed by atoms with E-state index in [0.717, 1.165) is 12.1 Å². The fraction of sp³-hybridized carbons (Fsp3) is 0.429. The van der Waals surface area contributed by atoms with Crippen molar-refractivity contribution >= 4 is 27.6 Å². The number of amides is 1. The van der Waals surface area contributed by atoms with Gasteiger partial charge in [-0.25, -0.2) is 13.1 Å². The molecule has 6 nitrogen and oxygen atoms in total. The first-order valence-electron chi connectivity index (χ1n) is 9.71. The lowest BCUT2D eigenvalue weighted by Crippen LogP contribution is -2.19. The Bertz CT molecular complexity index is 1100. The van der Waals surface area contributed by atoms with Crippen molar-refractivity contribution in [2.45, 2.75) is 44.8 Å². The lowest BCUT2D eigenvalue weighted by atomic mass is 9.92. The third kappa shape index (κ3) is 5.75. The molecule has 1 amide bonds. The minimum absolute atomic E-state index is 0.0392. The molecule has 1 aromatic carbocycles. The van der Waals surface area contributed by atoms with Crippen LogP contribution < -0.4 is 5.32 Å². The summed E-state index contributed by atoms with van der Waals surface area (Å²) < 4.78 is 63.3. The number of alkyl halides is 3. The quantitative estimate of drug-likeness (QED) is 0.701. The van der Waals surface area contributed by atoms with Gasteiger partial charge in [-0.3, -0.25) is 4.79 Å². The van der Waals surface area contributed by atoms with Crippen LogP contribution in [0.5, 0.6) is 0 Å². The molecule has 2 aromatic rings. The number of nitrogens with zero attached hydrogens (tertiary/aromatic N) is 2. The molecule has 1 aliphatic rings. The maximum atomic E-state index is 12.6. The highest BCUT2D eigenvalue weighted by atomic mass is 32.2. The average Bonchev–Trinajstić information content (AvgIpc) is 3.22.